The van der Waals surface area contributed by atoms with Gasteiger partial charge in [-0.05, 0) is 6.07 Å². The molecule has 1 atom stereocenters. The second-order valence-corrected chi connectivity index (χ2v) is 3.58. The Kier molecular flexibility index (Phi) is 3.98. The van der Waals surface area contributed by atoms with Gasteiger partial charge in [0.15, 0.2) is 0 Å². The van der Waals surface area contributed by atoms with Crippen molar-refractivity contribution in [1.82, 2.24) is 0 Å². The molecule has 1 aromatic carbocycles. The number of carbonyl (C=O) groups is 1. The van der Waals surface area contributed by atoms with Gasteiger partial charge in [0.1, 0.15) is 11.5 Å². The molecule has 0 saturated heterocycles. The molecule has 0 aliphatic carbocycles. The number of aromatic hydroxyl groups is 1. The highest BCUT2D eigenvalue weighted by molar-refractivity contribution is 6.32. The Morgan fingerprint density at radius 3 is 2.69 bits per heavy atom. The molecule has 0 spiro atoms. The van der Waals surface area contributed by atoms with E-state index in [4.69, 9.17) is 27.2 Å². The van der Waals surface area contributed by atoms with Gasteiger partial charge in [-0.3, -0.25) is 4.79 Å². The second kappa shape index (κ2) is 5.05. The Hall–Kier alpha value is -1.46. The van der Waals surface area contributed by atoms with Crippen molar-refractivity contribution in [1.29, 1.82) is 0 Å². The highest BCUT2D eigenvalue weighted by Gasteiger charge is 2.23. The standard InChI is InChI=1S/C10H12ClNO4/c1-16-5-2-6(7(4-12)10(14)15)9(13)8(11)3-5/h2-3,7,13H,4,12H2,1H3,(H,14,15). The van der Waals surface area contributed by atoms with E-state index in [-0.39, 0.29) is 22.9 Å². The number of hydrogen-bond acceptors (Lipinski definition) is 4. The van der Waals surface area contributed by atoms with Crippen LogP contribution >= 0.6 is 11.6 Å². The number of halogens is 1. The summed E-state index contributed by atoms with van der Waals surface area (Å²) < 4.78 is 4.94. The number of phenols is 1. The van der Waals surface area contributed by atoms with E-state index < -0.39 is 11.9 Å². The van der Waals surface area contributed by atoms with Crippen LogP contribution < -0.4 is 10.5 Å². The van der Waals surface area contributed by atoms with E-state index in [9.17, 15) is 9.90 Å². The molecule has 0 aliphatic rings. The molecule has 1 aromatic rings. The van der Waals surface area contributed by atoms with Crippen LogP contribution in [0.25, 0.3) is 0 Å². The van der Waals surface area contributed by atoms with Crippen LogP contribution in [0.1, 0.15) is 11.5 Å². The molecule has 16 heavy (non-hydrogen) atoms. The largest absolute Gasteiger partial charge is 0.506 e. The van der Waals surface area contributed by atoms with Crippen molar-refractivity contribution in [2.45, 2.75) is 5.92 Å². The quantitative estimate of drug-likeness (QED) is 0.741. The first-order chi connectivity index (χ1) is 7.51. The average molecular weight is 246 g/mol. The molecule has 0 bridgehead atoms. The molecule has 0 amide bonds. The number of carboxylic acid groups (broad SMARTS) is 1. The average Bonchev–Trinajstić information content (AvgIpc) is 2.24. The highest BCUT2D eigenvalue weighted by Crippen LogP contribution is 2.36. The zero-order valence-corrected chi connectivity index (χ0v) is 9.36. The third kappa shape index (κ3) is 2.37. The smallest absolute Gasteiger partial charge is 0.312 e. The molecule has 0 aliphatic heterocycles. The minimum atomic E-state index is -1.12. The molecular formula is C10H12ClNO4. The van der Waals surface area contributed by atoms with E-state index in [2.05, 4.69) is 0 Å². The number of rotatable bonds is 4. The zero-order valence-electron chi connectivity index (χ0n) is 8.61. The fraction of sp³-hybridized carbons (Fsp3) is 0.300. The van der Waals surface area contributed by atoms with Gasteiger partial charge < -0.3 is 20.7 Å². The van der Waals surface area contributed by atoms with Gasteiger partial charge in [0.2, 0.25) is 0 Å². The normalized spacial score (nSPS) is 12.2. The van der Waals surface area contributed by atoms with E-state index in [1.807, 2.05) is 0 Å². The number of methoxy groups -OCH3 is 1. The molecule has 6 heteroatoms. The van der Waals surface area contributed by atoms with Crippen LogP contribution in [0.15, 0.2) is 12.1 Å². The first-order valence-electron chi connectivity index (χ1n) is 4.50. The van der Waals surface area contributed by atoms with Crippen LogP contribution in [0.5, 0.6) is 11.5 Å². The van der Waals surface area contributed by atoms with Crippen molar-refractivity contribution in [3.05, 3.63) is 22.7 Å². The van der Waals surface area contributed by atoms with E-state index in [1.54, 1.807) is 0 Å². The summed E-state index contributed by atoms with van der Waals surface area (Å²) in [6, 6.07) is 2.81. The number of nitrogens with two attached hydrogens (primary N) is 1. The maximum absolute atomic E-state index is 10.9. The van der Waals surface area contributed by atoms with E-state index in [0.717, 1.165) is 0 Å². The van der Waals surface area contributed by atoms with Crippen LogP contribution in [0.4, 0.5) is 0 Å². The molecule has 0 fully saturated rings. The molecule has 0 aromatic heterocycles. The number of phenolic OH excluding ortho intramolecular Hbond substituents is 1. The Morgan fingerprint density at radius 2 is 2.25 bits per heavy atom. The fourth-order valence-electron chi connectivity index (χ4n) is 1.34. The van der Waals surface area contributed by atoms with Crippen molar-refractivity contribution >= 4 is 17.6 Å². The van der Waals surface area contributed by atoms with Crippen molar-refractivity contribution in [3.8, 4) is 11.5 Å². The molecule has 88 valence electrons. The lowest BCUT2D eigenvalue weighted by molar-refractivity contribution is -0.138. The first-order valence-corrected chi connectivity index (χ1v) is 4.88. The summed E-state index contributed by atoms with van der Waals surface area (Å²) >= 11 is 5.74. The summed E-state index contributed by atoms with van der Waals surface area (Å²) in [5.41, 5.74) is 5.49. The molecule has 0 saturated carbocycles. The molecule has 0 heterocycles. The van der Waals surface area contributed by atoms with Crippen molar-refractivity contribution in [2.24, 2.45) is 5.73 Å². The third-order valence-corrected chi connectivity index (χ3v) is 2.50. The van der Waals surface area contributed by atoms with E-state index in [1.165, 1.54) is 19.2 Å². The summed E-state index contributed by atoms with van der Waals surface area (Å²) in [6.45, 7) is -0.133. The van der Waals surface area contributed by atoms with Crippen molar-refractivity contribution in [3.63, 3.8) is 0 Å². The highest BCUT2D eigenvalue weighted by atomic mass is 35.5. The first kappa shape index (κ1) is 12.6. The maximum Gasteiger partial charge on any atom is 0.312 e. The van der Waals surface area contributed by atoms with Gasteiger partial charge in [0, 0.05) is 18.2 Å². The number of aliphatic carboxylic acids is 1. The molecule has 1 unspecified atom stereocenters. The summed E-state index contributed by atoms with van der Waals surface area (Å²) in [5.74, 6) is -2.03. The minimum absolute atomic E-state index is 0.0362. The zero-order chi connectivity index (χ0) is 12.3. The lowest BCUT2D eigenvalue weighted by Crippen LogP contribution is -2.21. The number of benzene rings is 1. The van der Waals surface area contributed by atoms with Gasteiger partial charge in [-0.25, -0.2) is 0 Å². The Balaban J connectivity index is 3.30. The third-order valence-electron chi connectivity index (χ3n) is 2.21. The van der Waals surface area contributed by atoms with Gasteiger partial charge in [-0.2, -0.15) is 0 Å². The maximum atomic E-state index is 10.9. The summed E-state index contributed by atoms with van der Waals surface area (Å²) in [5, 5.41) is 18.6. The number of carboxylic acids is 1. The lowest BCUT2D eigenvalue weighted by atomic mass is 9.98. The fourth-order valence-corrected chi connectivity index (χ4v) is 1.56. The van der Waals surface area contributed by atoms with Gasteiger partial charge in [0.25, 0.3) is 0 Å². The van der Waals surface area contributed by atoms with Gasteiger partial charge >= 0.3 is 5.97 Å². The second-order valence-electron chi connectivity index (χ2n) is 3.17. The Bertz CT molecular complexity index is 408. The van der Waals surface area contributed by atoms with Crippen molar-refractivity contribution < 1.29 is 19.7 Å². The van der Waals surface area contributed by atoms with Gasteiger partial charge in [0.05, 0.1) is 18.1 Å². The summed E-state index contributed by atoms with van der Waals surface area (Å²) in [6.07, 6.45) is 0. The van der Waals surface area contributed by atoms with E-state index in [0.29, 0.717) is 5.75 Å². The minimum Gasteiger partial charge on any atom is -0.506 e. The molecular weight excluding hydrogens is 234 g/mol. The predicted octanol–water partition coefficient (Wildman–Crippen LogP) is 1.18. The van der Waals surface area contributed by atoms with Crippen LogP contribution in [0.2, 0.25) is 5.02 Å². The number of ether oxygens (including phenoxy) is 1. The molecule has 1 rings (SSSR count). The summed E-state index contributed by atoms with van der Waals surface area (Å²) in [4.78, 5) is 10.9. The van der Waals surface area contributed by atoms with Crippen LogP contribution in [0.3, 0.4) is 0 Å². The van der Waals surface area contributed by atoms with E-state index >= 15 is 0 Å². The molecule has 4 N–H and O–H groups in total. The van der Waals surface area contributed by atoms with Gasteiger partial charge in [-0.1, -0.05) is 11.6 Å². The van der Waals surface area contributed by atoms with Crippen LogP contribution in [0, 0.1) is 0 Å². The van der Waals surface area contributed by atoms with Gasteiger partial charge in [-0.15, -0.1) is 0 Å². The number of hydrogen-bond donors (Lipinski definition) is 3. The van der Waals surface area contributed by atoms with Crippen LogP contribution in [-0.2, 0) is 4.79 Å². The Labute approximate surface area is 97.4 Å². The predicted molar refractivity (Wildman–Crippen MR) is 59.1 cm³/mol. The van der Waals surface area contributed by atoms with Crippen molar-refractivity contribution in [2.75, 3.05) is 13.7 Å². The topological polar surface area (TPSA) is 92.8 Å². The molecule has 0 radical (unpaired) electrons. The summed E-state index contributed by atoms with van der Waals surface area (Å²) in [7, 11) is 1.42. The SMILES string of the molecule is COc1cc(Cl)c(O)c(C(CN)C(=O)O)c1. The van der Waals surface area contributed by atoms with Crippen LogP contribution in [-0.4, -0.2) is 29.8 Å². The Morgan fingerprint density at radius 1 is 1.62 bits per heavy atom. The monoisotopic (exact) mass is 245 g/mol. The molecule has 5 nitrogen and oxygen atoms in total. The lowest BCUT2D eigenvalue weighted by Gasteiger charge is -2.14.